The number of hydrogen-bond acceptors (Lipinski definition) is 6. The van der Waals surface area contributed by atoms with Crippen LogP contribution in [0.2, 0.25) is 0 Å². The van der Waals surface area contributed by atoms with E-state index in [0.29, 0.717) is 22.9 Å². The molecule has 3 rings (SSSR count). The van der Waals surface area contributed by atoms with Crippen LogP contribution < -0.4 is 4.72 Å². The molecule has 0 aliphatic carbocycles. The first-order valence-electron chi connectivity index (χ1n) is 6.77. The number of sulfonamides is 1. The van der Waals surface area contributed by atoms with Gasteiger partial charge in [0.2, 0.25) is 0 Å². The second kappa shape index (κ2) is 5.51. The number of aromatic nitrogens is 4. The Morgan fingerprint density at radius 1 is 1.26 bits per heavy atom. The van der Waals surface area contributed by atoms with Crippen molar-refractivity contribution < 1.29 is 12.8 Å². The Labute approximate surface area is 133 Å². The minimum atomic E-state index is -3.77. The summed E-state index contributed by atoms with van der Waals surface area (Å²) in [5, 5.41) is 7.80. The summed E-state index contributed by atoms with van der Waals surface area (Å²) in [5.41, 5.74) is 0.706. The van der Waals surface area contributed by atoms with Crippen molar-refractivity contribution in [2.45, 2.75) is 18.7 Å². The number of anilines is 1. The minimum absolute atomic E-state index is 0.0980. The molecule has 0 radical (unpaired) electrons. The van der Waals surface area contributed by atoms with E-state index in [4.69, 9.17) is 4.42 Å². The van der Waals surface area contributed by atoms with Crippen molar-refractivity contribution in [3.05, 3.63) is 42.2 Å². The summed E-state index contributed by atoms with van der Waals surface area (Å²) in [6.45, 7) is 3.30. The van der Waals surface area contributed by atoms with Gasteiger partial charge in [-0.2, -0.15) is 0 Å². The summed E-state index contributed by atoms with van der Waals surface area (Å²) in [4.78, 5) is 4.15. The van der Waals surface area contributed by atoms with Gasteiger partial charge in [0, 0.05) is 24.9 Å². The molecule has 0 unspecified atom stereocenters. The summed E-state index contributed by atoms with van der Waals surface area (Å²) in [6.07, 6.45) is 3.08. The molecule has 0 aromatic carbocycles. The van der Waals surface area contributed by atoms with Gasteiger partial charge in [0.05, 0.1) is 0 Å². The van der Waals surface area contributed by atoms with E-state index >= 15 is 0 Å². The third kappa shape index (κ3) is 2.95. The molecule has 0 aliphatic rings. The van der Waals surface area contributed by atoms with Crippen molar-refractivity contribution in [1.29, 1.82) is 0 Å². The topological polar surface area (TPSA) is 103 Å². The van der Waals surface area contributed by atoms with Gasteiger partial charge in [0.1, 0.15) is 28.6 Å². The maximum absolute atomic E-state index is 12.5. The molecule has 3 aromatic rings. The summed E-state index contributed by atoms with van der Waals surface area (Å²) >= 11 is 0. The molecule has 0 saturated heterocycles. The van der Waals surface area contributed by atoms with Crippen LogP contribution in [0.1, 0.15) is 11.5 Å². The summed E-state index contributed by atoms with van der Waals surface area (Å²) in [7, 11) is -1.97. The largest absolute Gasteiger partial charge is 0.465 e. The second-order valence-electron chi connectivity index (χ2n) is 5.08. The quantitative estimate of drug-likeness (QED) is 0.782. The highest BCUT2D eigenvalue weighted by atomic mass is 32.2. The molecule has 1 N–H and O–H groups in total. The highest BCUT2D eigenvalue weighted by Gasteiger charge is 2.21. The standard InChI is InChI=1S/C14H15N5O3S/c1-9-6-12(10(2)22-9)23(20,21)18-13-7-11(4-5-15-13)14-17-16-8-19(14)3/h4-8H,1-3H3,(H,15,18). The van der Waals surface area contributed by atoms with E-state index < -0.39 is 10.0 Å². The van der Waals surface area contributed by atoms with Gasteiger partial charge in [-0.3, -0.25) is 4.72 Å². The molecule has 0 bridgehead atoms. The van der Waals surface area contributed by atoms with Crippen LogP contribution in [0, 0.1) is 13.8 Å². The predicted octanol–water partition coefficient (Wildman–Crippen LogP) is 1.89. The lowest BCUT2D eigenvalue weighted by atomic mass is 10.2. The SMILES string of the molecule is Cc1cc(S(=O)(=O)Nc2cc(-c3nncn3C)ccn2)c(C)o1. The van der Waals surface area contributed by atoms with Gasteiger partial charge in [-0.15, -0.1) is 10.2 Å². The van der Waals surface area contributed by atoms with Crippen LogP contribution in [0.15, 0.2) is 40.0 Å². The van der Waals surface area contributed by atoms with Crippen LogP contribution in [0.5, 0.6) is 0 Å². The molecule has 0 fully saturated rings. The lowest BCUT2D eigenvalue weighted by molar-refractivity contribution is 0.496. The Balaban J connectivity index is 1.95. The van der Waals surface area contributed by atoms with Crippen LogP contribution >= 0.6 is 0 Å². The lowest BCUT2D eigenvalue weighted by Gasteiger charge is -2.07. The van der Waals surface area contributed by atoms with Crippen LogP contribution in [0.3, 0.4) is 0 Å². The zero-order valence-electron chi connectivity index (χ0n) is 12.8. The lowest BCUT2D eigenvalue weighted by Crippen LogP contribution is -2.14. The van der Waals surface area contributed by atoms with E-state index in [2.05, 4.69) is 19.9 Å². The number of rotatable bonds is 4. The highest BCUT2D eigenvalue weighted by Crippen LogP contribution is 2.23. The number of nitrogens with zero attached hydrogens (tertiary/aromatic N) is 4. The monoisotopic (exact) mass is 333 g/mol. The smallest absolute Gasteiger partial charge is 0.266 e. The zero-order chi connectivity index (χ0) is 16.6. The number of nitrogens with one attached hydrogen (secondary N) is 1. The van der Waals surface area contributed by atoms with Gasteiger partial charge >= 0.3 is 0 Å². The van der Waals surface area contributed by atoms with E-state index in [1.54, 1.807) is 43.9 Å². The van der Waals surface area contributed by atoms with Gasteiger partial charge in [-0.05, 0) is 26.0 Å². The normalized spacial score (nSPS) is 11.6. The molecule has 9 heteroatoms. The first-order chi connectivity index (χ1) is 10.9. The molecule has 0 atom stereocenters. The third-order valence-corrected chi connectivity index (χ3v) is 4.72. The van der Waals surface area contributed by atoms with Gasteiger partial charge < -0.3 is 8.98 Å². The predicted molar refractivity (Wildman–Crippen MR) is 83.2 cm³/mol. The van der Waals surface area contributed by atoms with Gasteiger partial charge in [0.15, 0.2) is 5.82 Å². The summed E-state index contributed by atoms with van der Waals surface area (Å²) in [6, 6.07) is 4.81. The van der Waals surface area contributed by atoms with Crippen molar-refractivity contribution in [2.24, 2.45) is 7.05 Å². The second-order valence-corrected chi connectivity index (χ2v) is 6.73. The molecule has 23 heavy (non-hydrogen) atoms. The van der Waals surface area contributed by atoms with Gasteiger partial charge in [0.25, 0.3) is 10.0 Å². The van der Waals surface area contributed by atoms with E-state index in [9.17, 15) is 8.42 Å². The molecule has 0 saturated carbocycles. The molecule has 120 valence electrons. The van der Waals surface area contributed by atoms with E-state index in [-0.39, 0.29) is 10.7 Å². The summed E-state index contributed by atoms with van der Waals surface area (Å²) < 4.78 is 34.4. The molecule has 0 aliphatic heterocycles. The maximum atomic E-state index is 12.5. The Kier molecular flexibility index (Phi) is 3.64. The molecular formula is C14H15N5O3S. The molecule has 3 heterocycles. The van der Waals surface area contributed by atoms with Crippen molar-refractivity contribution in [3.8, 4) is 11.4 Å². The number of furan rings is 1. The number of hydrogen-bond donors (Lipinski definition) is 1. The first kappa shape index (κ1) is 15.2. The number of pyridine rings is 1. The van der Waals surface area contributed by atoms with Crippen LogP contribution in [0.25, 0.3) is 11.4 Å². The highest BCUT2D eigenvalue weighted by molar-refractivity contribution is 7.92. The molecule has 8 nitrogen and oxygen atoms in total. The first-order valence-corrected chi connectivity index (χ1v) is 8.25. The molecule has 0 amide bonds. The third-order valence-electron chi connectivity index (χ3n) is 3.25. The average Bonchev–Trinajstić information content (AvgIpc) is 3.04. The minimum Gasteiger partial charge on any atom is -0.465 e. The van der Waals surface area contributed by atoms with E-state index in [0.717, 1.165) is 0 Å². The Morgan fingerprint density at radius 2 is 2.04 bits per heavy atom. The average molecular weight is 333 g/mol. The summed E-state index contributed by atoms with van der Waals surface area (Å²) in [5.74, 6) is 1.68. The fourth-order valence-electron chi connectivity index (χ4n) is 2.24. The van der Waals surface area contributed by atoms with Crippen molar-refractivity contribution in [3.63, 3.8) is 0 Å². The Morgan fingerprint density at radius 3 is 2.65 bits per heavy atom. The van der Waals surface area contributed by atoms with Crippen molar-refractivity contribution >= 4 is 15.8 Å². The zero-order valence-corrected chi connectivity index (χ0v) is 13.6. The molecule has 3 aromatic heterocycles. The van der Waals surface area contributed by atoms with Gasteiger partial charge in [-0.25, -0.2) is 13.4 Å². The molecule has 0 spiro atoms. The Hall–Kier alpha value is -2.68. The fraction of sp³-hybridized carbons (Fsp3) is 0.214. The van der Waals surface area contributed by atoms with Crippen molar-refractivity contribution in [1.82, 2.24) is 19.7 Å². The van der Waals surface area contributed by atoms with E-state index in [1.165, 1.54) is 12.3 Å². The molecular weight excluding hydrogens is 318 g/mol. The van der Waals surface area contributed by atoms with Crippen LogP contribution in [-0.2, 0) is 17.1 Å². The maximum Gasteiger partial charge on any atom is 0.266 e. The van der Waals surface area contributed by atoms with Gasteiger partial charge in [-0.1, -0.05) is 0 Å². The van der Waals surface area contributed by atoms with Crippen LogP contribution in [0.4, 0.5) is 5.82 Å². The fourth-order valence-corrected chi connectivity index (χ4v) is 3.48. The number of aryl methyl sites for hydroxylation is 3. The van der Waals surface area contributed by atoms with Crippen molar-refractivity contribution in [2.75, 3.05) is 4.72 Å². The Bertz CT molecular complexity index is 958. The van der Waals surface area contributed by atoms with Crippen LogP contribution in [-0.4, -0.2) is 28.2 Å². The van der Waals surface area contributed by atoms with E-state index in [1.807, 2.05) is 0 Å².